The van der Waals surface area contributed by atoms with Crippen molar-refractivity contribution in [1.29, 1.82) is 0 Å². The standard InChI is InChI=1S/C19H24ClN5O2/c1-13-10-14(5-6-16(13)20)11-21-19(27)24(2)15-4-3-9-25(12-15)18(26)17-7-8-22-23-17/h5-8,10,15H,3-4,9,11-12H2,1-2H3,(H,21,27)(H,22,23)/t15-/m1/s1. The number of rotatable bonds is 4. The largest absolute Gasteiger partial charge is 0.335 e. The third-order valence-electron chi connectivity index (χ3n) is 4.94. The average Bonchev–Trinajstić information content (AvgIpc) is 3.22. The summed E-state index contributed by atoms with van der Waals surface area (Å²) in [5.74, 6) is -0.105. The Morgan fingerprint density at radius 2 is 2.22 bits per heavy atom. The highest BCUT2D eigenvalue weighted by Gasteiger charge is 2.29. The molecular weight excluding hydrogens is 366 g/mol. The second kappa shape index (κ2) is 8.43. The number of likely N-dealkylation sites (tertiary alicyclic amines) is 1. The number of halogens is 1. The lowest BCUT2D eigenvalue weighted by Crippen LogP contribution is -2.52. The van der Waals surface area contributed by atoms with Crippen molar-refractivity contribution in [1.82, 2.24) is 25.3 Å². The van der Waals surface area contributed by atoms with Gasteiger partial charge in [-0.1, -0.05) is 23.7 Å². The van der Waals surface area contributed by atoms with E-state index in [1.54, 1.807) is 29.1 Å². The van der Waals surface area contributed by atoms with Crippen LogP contribution in [0, 0.1) is 6.92 Å². The minimum atomic E-state index is -0.151. The number of benzene rings is 1. The highest BCUT2D eigenvalue weighted by Crippen LogP contribution is 2.18. The summed E-state index contributed by atoms with van der Waals surface area (Å²) in [5.41, 5.74) is 2.38. The summed E-state index contributed by atoms with van der Waals surface area (Å²) in [4.78, 5) is 28.5. The first-order valence-corrected chi connectivity index (χ1v) is 9.38. The lowest BCUT2D eigenvalue weighted by Gasteiger charge is -2.37. The first-order valence-electron chi connectivity index (χ1n) is 9.00. The van der Waals surface area contributed by atoms with Gasteiger partial charge >= 0.3 is 6.03 Å². The maximum Gasteiger partial charge on any atom is 0.317 e. The molecule has 2 aromatic rings. The van der Waals surface area contributed by atoms with Crippen LogP contribution in [0.5, 0.6) is 0 Å². The van der Waals surface area contributed by atoms with Gasteiger partial charge in [0.25, 0.3) is 5.91 Å². The fourth-order valence-corrected chi connectivity index (χ4v) is 3.40. The van der Waals surface area contributed by atoms with E-state index in [4.69, 9.17) is 11.6 Å². The number of aromatic amines is 1. The summed E-state index contributed by atoms with van der Waals surface area (Å²) in [6, 6.07) is 7.20. The summed E-state index contributed by atoms with van der Waals surface area (Å²) >= 11 is 6.04. The second-order valence-electron chi connectivity index (χ2n) is 6.86. The molecular formula is C19H24ClN5O2. The lowest BCUT2D eigenvalue weighted by atomic mass is 10.0. The average molecular weight is 390 g/mol. The number of likely N-dealkylation sites (N-methyl/N-ethyl adjacent to an activating group) is 1. The third-order valence-corrected chi connectivity index (χ3v) is 5.36. The molecule has 27 heavy (non-hydrogen) atoms. The van der Waals surface area contributed by atoms with Crippen LogP contribution in [0.4, 0.5) is 4.79 Å². The molecule has 144 valence electrons. The summed E-state index contributed by atoms with van der Waals surface area (Å²) in [5, 5.41) is 10.3. The Morgan fingerprint density at radius 3 is 2.93 bits per heavy atom. The predicted molar refractivity (Wildman–Crippen MR) is 104 cm³/mol. The van der Waals surface area contributed by atoms with E-state index in [0.717, 1.165) is 24.0 Å². The fourth-order valence-electron chi connectivity index (χ4n) is 3.28. The molecule has 0 aliphatic carbocycles. The van der Waals surface area contributed by atoms with Crippen molar-refractivity contribution in [3.05, 3.63) is 52.3 Å². The first kappa shape index (κ1) is 19.2. The number of urea groups is 1. The zero-order chi connectivity index (χ0) is 19.4. The SMILES string of the molecule is Cc1cc(CNC(=O)N(C)[C@@H]2CCCN(C(=O)c3cc[nH]n3)C2)ccc1Cl. The predicted octanol–water partition coefficient (Wildman–Crippen LogP) is 2.82. The van der Waals surface area contributed by atoms with Crippen LogP contribution in [0.2, 0.25) is 5.02 Å². The van der Waals surface area contributed by atoms with Crippen molar-refractivity contribution < 1.29 is 9.59 Å². The van der Waals surface area contributed by atoms with Gasteiger partial charge < -0.3 is 15.1 Å². The molecule has 0 radical (unpaired) electrons. The van der Waals surface area contributed by atoms with E-state index in [1.807, 2.05) is 25.1 Å². The molecule has 1 fully saturated rings. The van der Waals surface area contributed by atoms with Crippen molar-refractivity contribution in [3.8, 4) is 0 Å². The molecule has 1 saturated heterocycles. The van der Waals surface area contributed by atoms with Crippen LogP contribution in [0.25, 0.3) is 0 Å². The number of carbonyl (C=O) groups excluding carboxylic acids is 2. The smallest absolute Gasteiger partial charge is 0.317 e. The van der Waals surface area contributed by atoms with Gasteiger partial charge in [0.2, 0.25) is 0 Å². The van der Waals surface area contributed by atoms with E-state index < -0.39 is 0 Å². The third kappa shape index (κ3) is 4.60. The first-order chi connectivity index (χ1) is 13.0. The summed E-state index contributed by atoms with van der Waals surface area (Å²) < 4.78 is 0. The Labute approximate surface area is 163 Å². The molecule has 8 heteroatoms. The summed E-state index contributed by atoms with van der Waals surface area (Å²) in [7, 11) is 1.77. The lowest BCUT2D eigenvalue weighted by molar-refractivity contribution is 0.0630. The minimum absolute atomic E-state index is 0.0198. The van der Waals surface area contributed by atoms with Crippen LogP contribution >= 0.6 is 11.6 Å². The van der Waals surface area contributed by atoms with Crippen LogP contribution in [0.1, 0.15) is 34.5 Å². The second-order valence-corrected chi connectivity index (χ2v) is 7.27. The number of hydrogen-bond donors (Lipinski definition) is 2. The van der Waals surface area contributed by atoms with Crippen molar-refractivity contribution in [3.63, 3.8) is 0 Å². The normalized spacial score (nSPS) is 16.9. The van der Waals surface area contributed by atoms with E-state index >= 15 is 0 Å². The number of piperidine rings is 1. The van der Waals surface area contributed by atoms with E-state index in [2.05, 4.69) is 15.5 Å². The van der Waals surface area contributed by atoms with E-state index in [-0.39, 0.29) is 18.0 Å². The molecule has 0 unspecified atom stereocenters. The molecule has 1 aromatic heterocycles. The molecule has 3 rings (SSSR count). The van der Waals surface area contributed by atoms with Crippen molar-refractivity contribution in [2.24, 2.45) is 0 Å². The summed E-state index contributed by atoms with van der Waals surface area (Å²) in [6.45, 7) is 3.56. The molecule has 2 heterocycles. The van der Waals surface area contributed by atoms with Gasteiger partial charge in [-0.3, -0.25) is 9.89 Å². The van der Waals surface area contributed by atoms with Gasteiger partial charge in [-0.2, -0.15) is 5.10 Å². The van der Waals surface area contributed by atoms with E-state index in [9.17, 15) is 9.59 Å². The number of aryl methyl sites for hydroxylation is 1. The number of H-pyrrole nitrogens is 1. The number of amides is 3. The van der Waals surface area contributed by atoms with Gasteiger partial charge in [-0.05, 0) is 43.0 Å². The molecule has 0 bridgehead atoms. The summed E-state index contributed by atoms with van der Waals surface area (Å²) in [6.07, 6.45) is 3.36. The Kier molecular flexibility index (Phi) is 6.01. The van der Waals surface area contributed by atoms with E-state index in [1.165, 1.54) is 0 Å². The molecule has 2 N–H and O–H groups in total. The quantitative estimate of drug-likeness (QED) is 0.843. The Balaban J connectivity index is 1.55. The molecule has 7 nitrogen and oxygen atoms in total. The van der Waals surface area contributed by atoms with Crippen LogP contribution in [0.3, 0.4) is 0 Å². The molecule has 1 atom stereocenters. The topological polar surface area (TPSA) is 81.3 Å². The number of nitrogens with one attached hydrogen (secondary N) is 2. The van der Waals surface area contributed by atoms with Crippen molar-refractivity contribution in [2.75, 3.05) is 20.1 Å². The van der Waals surface area contributed by atoms with Crippen LogP contribution in [-0.4, -0.2) is 58.1 Å². The fraction of sp³-hybridized carbons (Fsp3) is 0.421. The maximum absolute atomic E-state index is 12.5. The molecule has 0 spiro atoms. The highest BCUT2D eigenvalue weighted by molar-refractivity contribution is 6.31. The minimum Gasteiger partial charge on any atom is -0.335 e. The number of nitrogens with zero attached hydrogens (tertiary/aromatic N) is 3. The zero-order valence-corrected chi connectivity index (χ0v) is 16.3. The van der Waals surface area contributed by atoms with Crippen molar-refractivity contribution >= 4 is 23.5 Å². The van der Waals surface area contributed by atoms with Gasteiger partial charge in [0.05, 0.1) is 6.04 Å². The Bertz CT molecular complexity index is 808. The zero-order valence-electron chi connectivity index (χ0n) is 15.5. The van der Waals surface area contributed by atoms with Crippen LogP contribution in [-0.2, 0) is 6.54 Å². The molecule has 1 aliphatic heterocycles. The number of aromatic nitrogens is 2. The van der Waals surface area contributed by atoms with Gasteiger partial charge in [0.1, 0.15) is 5.69 Å². The Hall–Kier alpha value is -2.54. The monoisotopic (exact) mass is 389 g/mol. The van der Waals surface area contributed by atoms with Gasteiger partial charge in [-0.25, -0.2) is 4.79 Å². The van der Waals surface area contributed by atoms with Gasteiger partial charge in [-0.15, -0.1) is 0 Å². The Morgan fingerprint density at radius 1 is 1.41 bits per heavy atom. The number of carbonyl (C=O) groups is 2. The van der Waals surface area contributed by atoms with E-state index in [0.29, 0.717) is 30.4 Å². The van der Waals surface area contributed by atoms with Crippen LogP contribution in [0.15, 0.2) is 30.5 Å². The van der Waals surface area contributed by atoms with Crippen molar-refractivity contribution in [2.45, 2.75) is 32.4 Å². The molecule has 0 saturated carbocycles. The highest BCUT2D eigenvalue weighted by atomic mass is 35.5. The van der Waals surface area contributed by atoms with Crippen LogP contribution < -0.4 is 5.32 Å². The number of hydrogen-bond acceptors (Lipinski definition) is 3. The van der Waals surface area contributed by atoms with Gasteiger partial charge in [0.15, 0.2) is 0 Å². The maximum atomic E-state index is 12.5. The molecule has 1 aliphatic rings. The molecule has 3 amide bonds. The molecule has 1 aromatic carbocycles. The van der Waals surface area contributed by atoms with Gasteiger partial charge in [0, 0.05) is 37.9 Å².